The first kappa shape index (κ1) is 33.4. The summed E-state index contributed by atoms with van der Waals surface area (Å²) in [5.74, 6) is -0.590. The number of nitrogens with one attached hydrogen (secondary N) is 1. The SMILES string of the molecule is CC(=O)N[C@H]1[C@H](O[C@H]2[C@H](O)[C@H](O)[C@@H](O[C@@H]3[C@H](O)[C@@H](OC(CO)CO)O[C@H](C)[C@H]3O)O[C@@H]2C)O[C@H](CO)[C@@H](O)[C@@H]1O. The highest BCUT2D eigenvalue weighted by Crippen LogP contribution is 2.32. The Kier molecular flexibility index (Phi) is 12.0. The highest BCUT2D eigenvalue weighted by atomic mass is 16.8. The third-order valence-corrected chi connectivity index (χ3v) is 7.13. The van der Waals surface area contributed by atoms with Gasteiger partial charge in [-0.25, -0.2) is 0 Å². The van der Waals surface area contributed by atoms with Crippen molar-refractivity contribution in [1.82, 2.24) is 5.32 Å². The van der Waals surface area contributed by atoms with Crippen LogP contribution in [0.4, 0.5) is 0 Å². The maximum absolute atomic E-state index is 11.7. The van der Waals surface area contributed by atoms with Gasteiger partial charge in [-0.3, -0.25) is 4.79 Å². The summed E-state index contributed by atoms with van der Waals surface area (Å²) in [6, 6.07) is -1.31. The fourth-order valence-corrected chi connectivity index (χ4v) is 4.81. The van der Waals surface area contributed by atoms with Crippen LogP contribution in [0.2, 0.25) is 0 Å². The summed E-state index contributed by atoms with van der Waals surface area (Å²) < 4.78 is 33.4. The van der Waals surface area contributed by atoms with Gasteiger partial charge in [0, 0.05) is 6.92 Å². The van der Waals surface area contributed by atoms with Crippen LogP contribution in [0.25, 0.3) is 0 Å². The first-order valence-corrected chi connectivity index (χ1v) is 12.9. The molecule has 3 fully saturated rings. The van der Waals surface area contributed by atoms with E-state index in [1.165, 1.54) is 13.8 Å². The smallest absolute Gasteiger partial charge is 0.217 e. The van der Waals surface area contributed by atoms with Crippen molar-refractivity contribution in [2.24, 2.45) is 0 Å². The molecule has 3 aliphatic rings. The largest absolute Gasteiger partial charge is 0.394 e. The van der Waals surface area contributed by atoms with Crippen molar-refractivity contribution < 1.29 is 79.2 Å². The average molecular weight is 588 g/mol. The molecule has 0 spiro atoms. The van der Waals surface area contributed by atoms with E-state index in [2.05, 4.69) is 5.32 Å². The molecule has 40 heavy (non-hydrogen) atoms. The van der Waals surface area contributed by atoms with E-state index in [0.29, 0.717) is 0 Å². The van der Waals surface area contributed by atoms with Crippen molar-refractivity contribution in [2.45, 2.75) is 119 Å². The van der Waals surface area contributed by atoms with Crippen LogP contribution in [0.3, 0.4) is 0 Å². The standard InChI is InChI=1S/C23H41NO16/c1-7-13(29)20(18(34)23(35-7)37-10(4-25)5-26)40-22-17(33)16(32)19(8(2)36-22)39-21-12(24-9(3)28)15(31)14(30)11(6-27)38-21/h7-8,10-23,25-27,29-34H,4-6H2,1-3H3,(H,24,28)/t7-,8-,11-,12-,13-,14-,15-,16-,17+,18+,19-,20+,21+,22-,23-/m1/s1. The number of amides is 1. The molecule has 0 aliphatic carbocycles. The van der Waals surface area contributed by atoms with Crippen LogP contribution < -0.4 is 5.32 Å². The van der Waals surface area contributed by atoms with E-state index >= 15 is 0 Å². The van der Waals surface area contributed by atoms with E-state index in [4.69, 9.17) is 28.4 Å². The summed E-state index contributed by atoms with van der Waals surface area (Å²) in [4.78, 5) is 11.7. The van der Waals surface area contributed by atoms with E-state index < -0.39 is 124 Å². The topological polar surface area (TPSA) is 267 Å². The molecule has 17 nitrogen and oxygen atoms in total. The fourth-order valence-electron chi connectivity index (χ4n) is 4.81. The molecule has 0 saturated carbocycles. The Hall–Kier alpha value is -1.13. The minimum absolute atomic E-state index is 0.580. The van der Waals surface area contributed by atoms with Crippen LogP contribution in [-0.2, 0) is 33.2 Å². The molecule has 0 radical (unpaired) electrons. The number of rotatable bonds is 10. The van der Waals surface area contributed by atoms with E-state index in [0.717, 1.165) is 6.92 Å². The van der Waals surface area contributed by atoms with Crippen LogP contribution in [0.15, 0.2) is 0 Å². The average Bonchev–Trinajstić information content (AvgIpc) is 2.91. The van der Waals surface area contributed by atoms with Gasteiger partial charge in [0.05, 0.1) is 32.0 Å². The van der Waals surface area contributed by atoms with Crippen LogP contribution in [0, 0.1) is 0 Å². The first-order valence-electron chi connectivity index (χ1n) is 12.9. The minimum atomic E-state index is -1.81. The maximum atomic E-state index is 11.7. The molecule has 234 valence electrons. The summed E-state index contributed by atoms with van der Waals surface area (Å²) in [5.41, 5.74) is 0. The van der Waals surface area contributed by atoms with Crippen LogP contribution >= 0.6 is 0 Å². The molecule has 0 aromatic heterocycles. The Labute approximate surface area is 229 Å². The third-order valence-electron chi connectivity index (χ3n) is 7.13. The number of hydrogen-bond donors (Lipinski definition) is 10. The van der Waals surface area contributed by atoms with E-state index in [-0.39, 0.29) is 0 Å². The second-order valence-corrected chi connectivity index (χ2v) is 10.1. The molecule has 15 atom stereocenters. The van der Waals surface area contributed by atoms with E-state index in [1.54, 1.807) is 0 Å². The predicted octanol–water partition coefficient (Wildman–Crippen LogP) is -6.00. The summed E-state index contributed by atoms with van der Waals surface area (Å²) >= 11 is 0. The van der Waals surface area contributed by atoms with Crippen molar-refractivity contribution in [3.05, 3.63) is 0 Å². The number of carbonyl (C=O) groups excluding carboxylic acids is 1. The summed E-state index contributed by atoms with van der Waals surface area (Å²) in [6.45, 7) is 2.20. The number of aliphatic hydroxyl groups is 9. The van der Waals surface area contributed by atoms with Crippen molar-refractivity contribution in [2.75, 3.05) is 19.8 Å². The molecule has 0 unspecified atom stereocenters. The Balaban J connectivity index is 1.72. The monoisotopic (exact) mass is 587 g/mol. The highest BCUT2D eigenvalue weighted by Gasteiger charge is 2.53. The normalized spacial score (nSPS) is 46.4. The minimum Gasteiger partial charge on any atom is -0.394 e. The lowest BCUT2D eigenvalue weighted by Gasteiger charge is -2.48. The molecule has 3 aliphatic heterocycles. The third kappa shape index (κ3) is 7.25. The number of hydrogen-bond acceptors (Lipinski definition) is 16. The van der Waals surface area contributed by atoms with Gasteiger partial charge in [-0.05, 0) is 13.8 Å². The van der Waals surface area contributed by atoms with Gasteiger partial charge in [-0.15, -0.1) is 0 Å². The van der Waals surface area contributed by atoms with Gasteiger partial charge in [-0.1, -0.05) is 0 Å². The van der Waals surface area contributed by atoms with E-state index in [1.807, 2.05) is 0 Å². The van der Waals surface area contributed by atoms with Crippen molar-refractivity contribution >= 4 is 5.91 Å². The number of aliphatic hydroxyl groups excluding tert-OH is 9. The predicted molar refractivity (Wildman–Crippen MR) is 127 cm³/mol. The van der Waals surface area contributed by atoms with Crippen molar-refractivity contribution in [3.8, 4) is 0 Å². The molecule has 3 heterocycles. The molecule has 0 bridgehead atoms. The molecular formula is C23H41NO16. The molecule has 0 aromatic rings. The Morgan fingerprint density at radius 3 is 1.90 bits per heavy atom. The second-order valence-electron chi connectivity index (χ2n) is 10.1. The Bertz CT molecular complexity index is 805. The molecule has 0 aromatic carbocycles. The summed E-state index contributed by atoms with van der Waals surface area (Å²) in [5, 5.41) is 94.1. The van der Waals surface area contributed by atoms with Crippen molar-refractivity contribution in [1.29, 1.82) is 0 Å². The quantitative estimate of drug-likeness (QED) is 0.114. The summed E-state index contributed by atoms with van der Waals surface area (Å²) in [6.07, 6.45) is -21.5. The molecule has 10 N–H and O–H groups in total. The highest BCUT2D eigenvalue weighted by molar-refractivity contribution is 5.73. The lowest BCUT2D eigenvalue weighted by atomic mass is 9.95. The van der Waals surface area contributed by atoms with Crippen LogP contribution in [0.1, 0.15) is 20.8 Å². The van der Waals surface area contributed by atoms with Crippen LogP contribution in [-0.4, -0.2) is 170 Å². The maximum Gasteiger partial charge on any atom is 0.217 e. The van der Waals surface area contributed by atoms with Gasteiger partial charge in [0.2, 0.25) is 5.91 Å². The van der Waals surface area contributed by atoms with Gasteiger partial charge in [0.15, 0.2) is 18.9 Å². The number of carbonyl (C=O) groups is 1. The Morgan fingerprint density at radius 2 is 1.32 bits per heavy atom. The number of ether oxygens (including phenoxy) is 6. The molecule has 1 amide bonds. The van der Waals surface area contributed by atoms with Gasteiger partial charge in [0.1, 0.15) is 67.1 Å². The lowest BCUT2D eigenvalue weighted by molar-refractivity contribution is -0.372. The van der Waals surface area contributed by atoms with Gasteiger partial charge in [-0.2, -0.15) is 0 Å². The molecule has 3 rings (SSSR count). The van der Waals surface area contributed by atoms with E-state index in [9.17, 15) is 50.8 Å². The molecule has 17 heteroatoms. The Morgan fingerprint density at radius 1 is 0.725 bits per heavy atom. The van der Waals surface area contributed by atoms with Gasteiger partial charge >= 0.3 is 0 Å². The zero-order chi connectivity index (χ0) is 29.9. The molecule has 3 saturated heterocycles. The molecular weight excluding hydrogens is 546 g/mol. The van der Waals surface area contributed by atoms with Crippen LogP contribution in [0.5, 0.6) is 0 Å². The first-order chi connectivity index (χ1) is 18.8. The van der Waals surface area contributed by atoms with Gasteiger partial charge in [0.25, 0.3) is 0 Å². The summed E-state index contributed by atoms with van der Waals surface area (Å²) in [7, 11) is 0. The zero-order valence-corrected chi connectivity index (χ0v) is 22.2. The zero-order valence-electron chi connectivity index (χ0n) is 22.2. The lowest BCUT2D eigenvalue weighted by Crippen LogP contribution is -2.67. The van der Waals surface area contributed by atoms with Gasteiger partial charge < -0.3 is 79.7 Å². The second kappa shape index (κ2) is 14.4. The van der Waals surface area contributed by atoms with Crippen molar-refractivity contribution in [3.63, 3.8) is 0 Å². The fraction of sp³-hybridized carbons (Fsp3) is 0.957.